The first-order valence-electron chi connectivity index (χ1n) is 8.54. The smallest absolute Gasteiger partial charge is 0.270 e. The normalized spacial score (nSPS) is 12.0. The molecule has 1 heterocycles. The summed E-state index contributed by atoms with van der Waals surface area (Å²) in [6, 6.07) is 17.4. The number of alkyl halides is 2. The SMILES string of the molecule is C=Cc1ccc2c(ccc3c2ccn3-c2ccc(C(C)(F)F)cc2C)c1. The Labute approximate surface area is 151 Å². The minimum Gasteiger partial charge on any atom is -0.316 e. The molecule has 0 saturated carbocycles. The van der Waals surface area contributed by atoms with Crippen LogP contribution in [0.3, 0.4) is 0 Å². The Kier molecular flexibility index (Phi) is 3.69. The summed E-state index contributed by atoms with van der Waals surface area (Å²) in [6.07, 6.45) is 3.83. The number of rotatable bonds is 3. The van der Waals surface area contributed by atoms with E-state index in [1.165, 1.54) is 11.5 Å². The average Bonchev–Trinajstić information content (AvgIpc) is 3.04. The molecule has 0 aliphatic rings. The van der Waals surface area contributed by atoms with E-state index in [0.717, 1.165) is 40.0 Å². The summed E-state index contributed by atoms with van der Waals surface area (Å²) in [5.41, 5.74) is 3.92. The first-order valence-corrected chi connectivity index (χ1v) is 8.54. The van der Waals surface area contributed by atoms with Gasteiger partial charge in [-0.05, 0) is 59.2 Å². The van der Waals surface area contributed by atoms with Gasteiger partial charge in [-0.15, -0.1) is 0 Å². The van der Waals surface area contributed by atoms with Crippen molar-refractivity contribution < 1.29 is 8.78 Å². The Morgan fingerprint density at radius 1 is 0.962 bits per heavy atom. The van der Waals surface area contributed by atoms with E-state index in [1.807, 2.05) is 19.2 Å². The molecule has 0 atom stereocenters. The highest BCUT2D eigenvalue weighted by Gasteiger charge is 2.24. The number of fused-ring (bicyclic) bond motifs is 3. The Balaban J connectivity index is 1.90. The predicted molar refractivity (Wildman–Crippen MR) is 105 cm³/mol. The van der Waals surface area contributed by atoms with Gasteiger partial charge in [-0.3, -0.25) is 0 Å². The van der Waals surface area contributed by atoms with Gasteiger partial charge >= 0.3 is 0 Å². The number of hydrogen-bond donors (Lipinski definition) is 0. The second-order valence-corrected chi connectivity index (χ2v) is 6.76. The molecule has 0 radical (unpaired) electrons. The van der Waals surface area contributed by atoms with Gasteiger partial charge in [0, 0.05) is 29.8 Å². The fourth-order valence-corrected chi connectivity index (χ4v) is 3.51. The molecule has 0 aliphatic heterocycles. The Bertz CT molecular complexity index is 1150. The summed E-state index contributed by atoms with van der Waals surface area (Å²) in [5, 5.41) is 3.47. The van der Waals surface area contributed by atoms with E-state index in [-0.39, 0.29) is 5.56 Å². The fourth-order valence-electron chi connectivity index (χ4n) is 3.51. The van der Waals surface area contributed by atoms with Gasteiger partial charge in [0.2, 0.25) is 0 Å². The monoisotopic (exact) mass is 347 g/mol. The van der Waals surface area contributed by atoms with Crippen molar-refractivity contribution in [1.82, 2.24) is 4.57 Å². The molecule has 0 N–H and O–H groups in total. The number of aryl methyl sites for hydroxylation is 1. The molecule has 1 aromatic heterocycles. The molecule has 1 nitrogen and oxygen atoms in total. The molecular weight excluding hydrogens is 328 g/mol. The van der Waals surface area contributed by atoms with E-state index in [1.54, 1.807) is 12.1 Å². The largest absolute Gasteiger partial charge is 0.316 e. The molecule has 0 amide bonds. The standard InChI is InChI=1S/C23H19F2N/c1-4-16-5-8-19-17(14-16)6-9-22-20(19)11-12-26(22)21-10-7-18(13-15(21)2)23(3,24)25/h4-14H,1H2,2-3H3. The molecule has 0 aliphatic carbocycles. The zero-order valence-corrected chi connectivity index (χ0v) is 14.8. The van der Waals surface area contributed by atoms with Gasteiger partial charge in [-0.2, -0.15) is 0 Å². The highest BCUT2D eigenvalue weighted by molar-refractivity contribution is 6.07. The molecular formula is C23H19F2N. The van der Waals surface area contributed by atoms with E-state index in [9.17, 15) is 8.78 Å². The van der Waals surface area contributed by atoms with Crippen molar-refractivity contribution >= 4 is 27.8 Å². The van der Waals surface area contributed by atoms with Crippen LogP contribution in [0, 0.1) is 6.92 Å². The van der Waals surface area contributed by atoms with Crippen LogP contribution in [0.15, 0.2) is 67.4 Å². The summed E-state index contributed by atoms with van der Waals surface area (Å²) in [7, 11) is 0. The molecule has 0 saturated heterocycles. The Morgan fingerprint density at radius 2 is 1.77 bits per heavy atom. The Hall–Kier alpha value is -2.94. The van der Waals surface area contributed by atoms with Crippen molar-refractivity contribution in [2.75, 3.05) is 0 Å². The summed E-state index contributed by atoms with van der Waals surface area (Å²) < 4.78 is 29.2. The van der Waals surface area contributed by atoms with Crippen LogP contribution in [-0.2, 0) is 5.92 Å². The zero-order valence-electron chi connectivity index (χ0n) is 14.8. The molecule has 3 heteroatoms. The predicted octanol–water partition coefficient (Wildman–Crippen LogP) is 6.85. The molecule has 4 rings (SSSR count). The third-order valence-electron chi connectivity index (χ3n) is 4.91. The number of halogens is 2. The van der Waals surface area contributed by atoms with Crippen LogP contribution in [0.2, 0.25) is 0 Å². The van der Waals surface area contributed by atoms with Crippen molar-refractivity contribution in [2.45, 2.75) is 19.8 Å². The molecule has 3 aromatic carbocycles. The number of aromatic nitrogens is 1. The summed E-state index contributed by atoms with van der Waals surface area (Å²) in [6.45, 7) is 6.62. The van der Waals surface area contributed by atoms with Gasteiger partial charge < -0.3 is 4.57 Å². The van der Waals surface area contributed by atoms with Gasteiger partial charge in [0.05, 0.1) is 5.52 Å². The number of benzene rings is 3. The van der Waals surface area contributed by atoms with Crippen LogP contribution in [0.1, 0.15) is 23.6 Å². The van der Waals surface area contributed by atoms with Crippen LogP contribution in [-0.4, -0.2) is 4.57 Å². The molecule has 0 fully saturated rings. The maximum atomic E-state index is 13.6. The molecule has 0 spiro atoms. The van der Waals surface area contributed by atoms with Crippen LogP contribution in [0.4, 0.5) is 8.78 Å². The lowest BCUT2D eigenvalue weighted by atomic mass is 10.0. The van der Waals surface area contributed by atoms with E-state index < -0.39 is 5.92 Å². The van der Waals surface area contributed by atoms with Gasteiger partial charge in [0.1, 0.15) is 0 Å². The van der Waals surface area contributed by atoms with E-state index in [0.29, 0.717) is 0 Å². The second kappa shape index (κ2) is 5.80. The maximum absolute atomic E-state index is 13.6. The minimum absolute atomic E-state index is 0.0395. The summed E-state index contributed by atoms with van der Waals surface area (Å²) in [5.74, 6) is -2.83. The highest BCUT2D eigenvalue weighted by atomic mass is 19.3. The zero-order chi connectivity index (χ0) is 18.5. The topological polar surface area (TPSA) is 4.93 Å². The fraction of sp³-hybridized carbons (Fsp3) is 0.130. The van der Waals surface area contributed by atoms with E-state index in [2.05, 4.69) is 47.5 Å². The van der Waals surface area contributed by atoms with Crippen molar-refractivity contribution in [1.29, 1.82) is 0 Å². The third-order valence-corrected chi connectivity index (χ3v) is 4.91. The van der Waals surface area contributed by atoms with Crippen LogP contribution >= 0.6 is 0 Å². The lowest BCUT2D eigenvalue weighted by Crippen LogP contribution is -2.08. The van der Waals surface area contributed by atoms with Crippen molar-refractivity contribution in [3.05, 3.63) is 84.1 Å². The van der Waals surface area contributed by atoms with Crippen molar-refractivity contribution in [3.8, 4) is 5.69 Å². The van der Waals surface area contributed by atoms with Crippen molar-refractivity contribution in [2.24, 2.45) is 0 Å². The molecule has 0 bridgehead atoms. The number of hydrogen-bond acceptors (Lipinski definition) is 0. The quantitative estimate of drug-likeness (QED) is 0.382. The van der Waals surface area contributed by atoms with Crippen LogP contribution in [0.25, 0.3) is 33.4 Å². The first kappa shape index (κ1) is 16.5. The third kappa shape index (κ3) is 2.60. The summed E-state index contributed by atoms with van der Waals surface area (Å²) in [4.78, 5) is 0. The highest BCUT2D eigenvalue weighted by Crippen LogP contribution is 2.32. The molecule has 130 valence electrons. The maximum Gasteiger partial charge on any atom is 0.270 e. The van der Waals surface area contributed by atoms with Gasteiger partial charge in [0.25, 0.3) is 5.92 Å². The minimum atomic E-state index is -2.83. The van der Waals surface area contributed by atoms with Crippen molar-refractivity contribution in [3.63, 3.8) is 0 Å². The van der Waals surface area contributed by atoms with Crippen LogP contribution in [0.5, 0.6) is 0 Å². The van der Waals surface area contributed by atoms with Crippen LogP contribution < -0.4 is 0 Å². The number of nitrogens with zero attached hydrogens (tertiary/aromatic N) is 1. The molecule has 4 aromatic rings. The molecule has 26 heavy (non-hydrogen) atoms. The van der Waals surface area contributed by atoms with E-state index >= 15 is 0 Å². The second-order valence-electron chi connectivity index (χ2n) is 6.76. The Morgan fingerprint density at radius 3 is 2.46 bits per heavy atom. The summed E-state index contributed by atoms with van der Waals surface area (Å²) >= 11 is 0. The average molecular weight is 347 g/mol. The van der Waals surface area contributed by atoms with Gasteiger partial charge in [-0.25, -0.2) is 8.78 Å². The van der Waals surface area contributed by atoms with Gasteiger partial charge in [-0.1, -0.05) is 36.9 Å². The van der Waals surface area contributed by atoms with Gasteiger partial charge in [0.15, 0.2) is 0 Å². The first-order chi connectivity index (χ1) is 12.4. The molecule has 0 unspecified atom stereocenters. The lowest BCUT2D eigenvalue weighted by molar-refractivity contribution is 0.0174. The van der Waals surface area contributed by atoms with E-state index in [4.69, 9.17) is 0 Å². The lowest BCUT2D eigenvalue weighted by Gasteiger charge is -2.15.